The number of hydrogen-bond acceptors (Lipinski definition) is 3. The molecule has 1 aliphatic heterocycles. The van der Waals surface area contributed by atoms with Crippen LogP contribution in [0.3, 0.4) is 0 Å². The van der Waals surface area contributed by atoms with E-state index in [2.05, 4.69) is 37.1 Å². The Kier molecular flexibility index (Phi) is 4.74. The summed E-state index contributed by atoms with van der Waals surface area (Å²) in [6, 6.07) is 0. The van der Waals surface area contributed by atoms with Gasteiger partial charge in [0.05, 0.1) is 0 Å². The molecule has 84 valence electrons. The Labute approximate surface area is 93.0 Å². The van der Waals surface area contributed by atoms with E-state index in [1.807, 2.05) is 11.8 Å². The lowest BCUT2D eigenvalue weighted by Crippen LogP contribution is -2.55. The second-order valence-electron chi connectivity index (χ2n) is 4.75. The van der Waals surface area contributed by atoms with Crippen molar-refractivity contribution in [1.82, 2.24) is 9.80 Å². The molecule has 3 heteroatoms. The van der Waals surface area contributed by atoms with Crippen LogP contribution < -0.4 is 0 Å². The molecule has 1 rings (SSSR count). The summed E-state index contributed by atoms with van der Waals surface area (Å²) in [6.45, 7) is 6.11. The van der Waals surface area contributed by atoms with Gasteiger partial charge in [0.2, 0.25) is 0 Å². The van der Waals surface area contributed by atoms with Gasteiger partial charge in [-0.1, -0.05) is 0 Å². The fourth-order valence-corrected chi connectivity index (χ4v) is 2.74. The van der Waals surface area contributed by atoms with Gasteiger partial charge in [0.1, 0.15) is 0 Å². The van der Waals surface area contributed by atoms with E-state index in [0.717, 1.165) is 0 Å². The highest BCUT2D eigenvalue weighted by atomic mass is 32.2. The van der Waals surface area contributed by atoms with Crippen molar-refractivity contribution in [3.05, 3.63) is 0 Å². The fraction of sp³-hybridized carbons (Fsp3) is 1.00. The summed E-state index contributed by atoms with van der Waals surface area (Å²) in [6.07, 6.45) is 4.88. The molecule has 1 atom stereocenters. The van der Waals surface area contributed by atoms with E-state index in [-0.39, 0.29) is 0 Å². The van der Waals surface area contributed by atoms with Crippen LogP contribution in [-0.4, -0.2) is 61.1 Å². The minimum atomic E-state index is 0.405. The molecule has 1 unspecified atom stereocenters. The van der Waals surface area contributed by atoms with E-state index >= 15 is 0 Å². The molecule has 0 aliphatic carbocycles. The number of likely N-dealkylation sites (tertiary alicyclic amines) is 1. The van der Waals surface area contributed by atoms with Crippen molar-refractivity contribution < 1.29 is 0 Å². The molecule has 0 aromatic carbocycles. The van der Waals surface area contributed by atoms with Crippen molar-refractivity contribution in [3.8, 4) is 0 Å². The van der Waals surface area contributed by atoms with Gasteiger partial charge in [-0.15, -0.1) is 0 Å². The maximum Gasteiger partial charge on any atom is 0.0306 e. The third-order valence-corrected chi connectivity index (χ3v) is 4.01. The zero-order valence-electron chi connectivity index (χ0n) is 10.0. The van der Waals surface area contributed by atoms with Gasteiger partial charge in [-0.2, -0.15) is 11.8 Å². The minimum Gasteiger partial charge on any atom is -0.305 e. The van der Waals surface area contributed by atoms with Crippen LogP contribution in [0.15, 0.2) is 0 Å². The lowest BCUT2D eigenvalue weighted by molar-refractivity contribution is 0.0579. The monoisotopic (exact) mass is 216 g/mol. The van der Waals surface area contributed by atoms with E-state index in [0.29, 0.717) is 5.54 Å². The summed E-state index contributed by atoms with van der Waals surface area (Å²) >= 11 is 1.94. The summed E-state index contributed by atoms with van der Waals surface area (Å²) in [7, 11) is 4.51. The zero-order chi connectivity index (χ0) is 10.6. The third-order valence-electron chi connectivity index (χ3n) is 3.42. The van der Waals surface area contributed by atoms with Gasteiger partial charge in [-0.05, 0) is 46.7 Å². The molecule has 0 saturated carbocycles. The number of hydrogen-bond donors (Lipinski definition) is 0. The highest BCUT2D eigenvalue weighted by molar-refractivity contribution is 7.98. The largest absolute Gasteiger partial charge is 0.305 e. The molecule has 0 bridgehead atoms. The van der Waals surface area contributed by atoms with Gasteiger partial charge < -0.3 is 4.90 Å². The number of rotatable bonds is 4. The fourth-order valence-electron chi connectivity index (χ4n) is 2.28. The van der Waals surface area contributed by atoms with E-state index in [1.54, 1.807) is 0 Å². The van der Waals surface area contributed by atoms with Crippen molar-refractivity contribution in [2.75, 3.05) is 45.7 Å². The van der Waals surface area contributed by atoms with E-state index in [4.69, 9.17) is 0 Å². The van der Waals surface area contributed by atoms with E-state index in [1.165, 1.54) is 38.2 Å². The second kappa shape index (κ2) is 5.38. The number of piperidine rings is 1. The van der Waals surface area contributed by atoms with Crippen LogP contribution in [0.1, 0.15) is 19.8 Å². The topological polar surface area (TPSA) is 6.48 Å². The number of thioether (sulfide) groups is 1. The smallest absolute Gasteiger partial charge is 0.0306 e. The standard InChI is InChI=1S/C11H24N2S/c1-11(13(3)8-9-14-4)6-5-7-12(2)10-11/h5-10H2,1-4H3. The van der Waals surface area contributed by atoms with Crippen molar-refractivity contribution in [1.29, 1.82) is 0 Å². The van der Waals surface area contributed by atoms with Crippen LogP contribution in [0.2, 0.25) is 0 Å². The second-order valence-corrected chi connectivity index (χ2v) is 5.74. The number of nitrogens with zero attached hydrogens (tertiary/aromatic N) is 2. The maximum atomic E-state index is 2.54. The average molecular weight is 216 g/mol. The van der Waals surface area contributed by atoms with Gasteiger partial charge in [0, 0.05) is 24.4 Å². The Morgan fingerprint density at radius 2 is 2.21 bits per heavy atom. The van der Waals surface area contributed by atoms with Gasteiger partial charge >= 0.3 is 0 Å². The quantitative estimate of drug-likeness (QED) is 0.707. The third kappa shape index (κ3) is 3.14. The SMILES string of the molecule is CSCCN(C)C1(C)CCCN(C)C1. The van der Waals surface area contributed by atoms with Gasteiger partial charge in [0.15, 0.2) is 0 Å². The van der Waals surface area contributed by atoms with Gasteiger partial charge in [-0.25, -0.2) is 0 Å². The molecule has 14 heavy (non-hydrogen) atoms. The summed E-state index contributed by atoms with van der Waals surface area (Å²) in [5, 5.41) is 0. The Bertz CT molecular complexity index is 175. The van der Waals surface area contributed by atoms with E-state index in [9.17, 15) is 0 Å². The van der Waals surface area contributed by atoms with Crippen LogP contribution in [0, 0.1) is 0 Å². The predicted molar refractivity (Wildman–Crippen MR) is 66.1 cm³/mol. The predicted octanol–water partition coefficient (Wildman–Crippen LogP) is 1.77. The summed E-state index contributed by atoms with van der Waals surface area (Å²) in [5.41, 5.74) is 0.405. The first kappa shape index (κ1) is 12.3. The van der Waals surface area contributed by atoms with Crippen molar-refractivity contribution in [2.45, 2.75) is 25.3 Å². The Hall–Kier alpha value is 0.270. The average Bonchev–Trinajstić information content (AvgIpc) is 2.13. The van der Waals surface area contributed by atoms with Crippen molar-refractivity contribution in [3.63, 3.8) is 0 Å². The maximum absolute atomic E-state index is 2.54. The highest BCUT2D eigenvalue weighted by Gasteiger charge is 2.32. The molecule has 0 aromatic heterocycles. The lowest BCUT2D eigenvalue weighted by Gasteiger charge is -2.45. The summed E-state index contributed by atoms with van der Waals surface area (Å²) in [5.74, 6) is 1.25. The van der Waals surface area contributed by atoms with Crippen LogP contribution >= 0.6 is 11.8 Å². The molecule has 1 aliphatic rings. The van der Waals surface area contributed by atoms with Crippen LogP contribution in [0.25, 0.3) is 0 Å². The molecule has 0 radical (unpaired) electrons. The first-order valence-corrected chi connectivity index (χ1v) is 6.86. The molecular weight excluding hydrogens is 192 g/mol. The highest BCUT2D eigenvalue weighted by Crippen LogP contribution is 2.25. The van der Waals surface area contributed by atoms with Crippen LogP contribution in [-0.2, 0) is 0 Å². The molecule has 1 saturated heterocycles. The molecule has 0 spiro atoms. The summed E-state index contributed by atoms with van der Waals surface area (Å²) < 4.78 is 0. The molecule has 1 fully saturated rings. The molecule has 0 N–H and O–H groups in total. The van der Waals surface area contributed by atoms with E-state index < -0.39 is 0 Å². The van der Waals surface area contributed by atoms with Gasteiger partial charge in [0.25, 0.3) is 0 Å². The Balaban J connectivity index is 2.45. The molecular formula is C11H24N2S. The number of likely N-dealkylation sites (N-methyl/N-ethyl adjacent to an activating group) is 2. The molecule has 0 amide bonds. The van der Waals surface area contributed by atoms with Crippen LogP contribution in [0.5, 0.6) is 0 Å². The minimum absolute atomic E-state index is 0.405. The normalized spacial score (nSPS) is 29.8. The Morgan fingerprint density at radius 1 is 1.50 bits per heavy atom. The van der Waals surface area contributed by atoms with Crippen molar-refractivity contribution >= 4 is 11.8 Å². The first-order valence-electron chi connectivity index (χ1n) is 5.47. The Morgan fingerprint density at radius 3 is 2.79 bits per heavy atom. The summed E-state index contributed by atoms with van der Waals surface area (Å²) in [4.78, 5) is 5.00. The first-order chi connectivity index (χ1) is 6.58. The van der Waals surface area contributed by atoms with Crippen molar-refractivity contribution in [2.24, 2.45) is 0 Å². The molecule has 0 aromatic rings. The molecule has 2 nitrogen and oxygen atoms in total. The molecule has 1 heterocycles. The lowest BCUT2D eigenvalue weighted by atomic mass is 9.90. The van der Waals surface area contributed by atoms with Crippen LogP contribution in [0.4, 0.5) is 0 Å². The van der Waals surface area contributed by atoms with Gasteiger partial charge in [-0.3, -0.25) is 4.90 Å². The zero-order valence-corrected chi connectivity index (χ0v) is 10.9.